The number of hydrogen-bond acceptors (Lipinski definition) is 6. The Morgan fingerprint density at radius 1 is 1.20 bits per heavy atom. The van der Waals surface area contributed by atoms with E-state index in [1.54, 1.807) is 29.7 Å². The number of rotatable bonds is 5. The van der Waals surface area contributed by atoms with Crippen LogP contribution in [0.1, 0.15) is 20.3 Å². The summed E-state index contributed by atoms with van der Waals surface area (Å²) in [6.45, 7) is 5.21. The van der Waals surface area contributed by atoms with Gasteiger partial charge < -0.3 is 14.2 Å². The Bertz CT molecular complexity index is 1120. The SMILES string of the molecule is COc1ccc2c(c1)sc(=NC(=O)CS(=O)(=O)CC(=O)N1CC(C)CC(C)C1)n2C. The van der Waals surface area contributed by atoms with Crippen molar-refractivity contribution in [3.63, 3.8) is 0 Å². The van der Waals surface area contributed by atoms with E-state index < -0.39 is 33.2 Å². The number of aryl methyl sites for hydroxylation is 1. The maximum atomic E-state index is 12.5. The molecular formula is C20H27N3O5S2. The van der Waals surface area contributed by atoms with E-state index in [1.165, 1.54) is 11.3 Å². The summed E-state index contributed by atoms with van der Waals surface area (Å²) in [6, 6.07) is 5.49. The largest absolute Gasteiger partial charge is 0.497 e. The second kappa shape index (κ2) is 8.89. The highest BCUT2D eigenvalue weighted by Crippen LogP contribution is 2.23. The first kappa shape index (κ1) is 22.5. The van der Waals surface area contributed by atoms with Crippen LogP contribution >= 0.6 is 11.3 Å². The summed E-state index contributed by atoms with van der Waals surface area (Å²) in [5.74, 6) is -1.31. The van der Waals surface area contributed by atoms with E-state index in [1.807, 2.05) is 26.0 Å². The van der Waals surface area contributed by atoms with Crippen molar-refractivity contribution in [1.82, 2.24) is 9.47 Å². The lowest BCUT2D eigenvalue weighted by Crippen LogP contribution is -2.45. The van der Waals surface area contributed by atoms with Gasteiger partial charge in [-0.3, -0.25) is 9.59 Å². The van der Waals surface area contributed by atoms with Crippen molar-refractivity contribution < 1.29 is 22.7 Å². The van der Waals surface area contributed by atoms with Crippen LogP contribution in [0.5, 0.6) is 5.75 Å². The van der Waals surface area contributed by atoms with Gasteiger partial charge in [0.15, 0.2) is 14.6 Å². The lowest BCUT2D eigenvalue weighted by Gasteiger charge is -2.34. The molecular weight excluding hydrogens is 426 g/mol. The van der Waals surface area contributed by atoms with Crippen molar-refractivity contribution in [3.8, 4) is 5.75 Å². The molecule has 2 heterocycles. The van der Waals surface area contributed by atoms with E-state index in [0.29, 0.717) is 35.5 Å². The van der Waals surface area contributed by atoms with Gasteiger partial charge in [-0.05, 0) is 36.5 Å². The molecule has 2 unspecified atom stereocenters. The molecule has 0 spiro atoms. The zero-order valence-corrected chi connectivity index (χ0v) is 19.3. The third-order valence-electron chi connectivity index (χ3n) is 5.15. The number of benzene rings is 1. The second-order valence-corrected chi connectivity index (χ2v) is 11.1. The number of amides is 2. The van der Waals surface area contributed by atoms with Crippen molar-refractivity contribution in [1.29, 1.82) is 0 Å². The van der Waals surface area contributed by atoms with E-state index in [0.717, 1.165) is 16.6 Å². The highest BCUT2D eigenvalue weighted by Gasteiger charge is 2.29. The first-order valence-corrected chi connectivity index (χ1v) is 12.4. The van der Waals surface area contributed by atoms with Crippen molar-refractivity contribution >= 4 is 43.2 Å². The molecule has 0 bridgehead atoms. The van der Waals surface area contributed by atoms with Crippen molar-refractivity contribution in [3.05, 3.63) is 23.0 Å². The maximum absolute atomic E-state index is 12.5. The number of carbonyl (C=O) groups excluding carboxylic acids is 2. The average molecular weight is 454 g/mol. The van der Waals surface area contributed by atoms with E-state index in [2.05, 4.69) is 4.99 Å². The molecule has 0 aliphatic carbocycles. The highest BCUT2D eigenvalue weighted by atomic mass is 32.2. The first-order chi connectivity index (χ1) is 14.1. The summed E-state index contributed by atoms with van der Waals surface area (Å²) in [6.07, 6.45) is 1.02. The van der Waals surface area contributed by atoms with E-state index >= 15 is 0 Å². The number of sulfone groups is 1. The second-order valence-electron chi connectivity index (χ2n) is 8.06. The van der Waals surface area contributed by atoms with Crippen LogP contribution < -0.4 is 9.54 Å². The fraction of sp³-hybridized carbons (Fsp3) is 0.550. The van der Waals surface area contributed by atoms with Crippen molar-refractivity contribution in [2.75, 3.05) is 31.7 Å². The number of ether oxygens (including phenoxy) is 1. The van der Waals surface area contributed by atoms with Crippen LogP contribution in [0.15, 0.2) is 23.2 Å². The maximum Gasteiger partial charge on any atom is 0.263 e. The van der Waals surface area contributed by atoms with Gasteiger partial charge in [-0.15, -0.1) is 0 Å². The van der Waals surface area contributed by atoms with Crippen molar-refractivity contribution in [2.45, 2.75) is 20.3 Å². The Balaban J connectivity index is 1.72. The predicted octanol–water partition coefficient (Wildman–Crippen LogP) is 1.59. The Morgan fingerprint density at radius 2 is 1.87 bits per heavy atom. The quantitative estimate of drug-likeness (QED) is 0.685. The molecule has 3 rings (SSSR count). The smallest absolute Gasteiger partial charge is 0.263 e. The summed E-state index contributed by atoms with van der Waals surface area (Å²) in [5, 5.41) is 0. The number of likely N-dealkylation sites (tertiary alicyclic amines) is 1. The Morgan fingerprint density at radius 3 is 2.50 bits per heavy atom. The third-order valence-corrected chi connectivity index (χ3v) is 7.61. The van der Waals surface area contributed by atoms with E-state index in [4.69, 9.17) is 4.74 Å². The van der Waals surface area contributed by atoms with Gasteiger partial charge in [-0.2, -0.15) is 4.99 Å². The molecule has 1 aliphatic heterocycles. The highest BCUT2D eigenvalue weighted by molar-refractivity contribution is 7.92. The number of piperidine rings is 1. The van der Waals surface area contributed by atoms with Gasteiger partial charge in [0, 0.05) is 20.1 Å². The lowest BCUT2D eigenvalue weighted by molar-refractivity contribution is -0.131. The summed E-state index contributed by atoms with van der Waals surface area (Å²) < 4.78 is 32.7. The Kier molecular flexibility index (Phi) is 6.66. The van der Waals surface area contributed by atoms with Gasteiger partial charge in [-0.1, -0.05) is 25.2 Å². The number of thiazole rings is 1. The minimum Gasteiger partial charge on any atom is -0.497 e. The molecule has 1 saturated heterocycles. The molecule has 2 amide bonds. The number of methoxy groups -OCH3 is 1. The zero-order chi connectivity index (χ0) is 22.1. The summed E-state index contributed by atoms with van der Waals surface area (Å²) >= 11 is 1.27. The zero-order valence-electron chi connectivity index (χ0n) is 17.6. The fourth-order valence-electron chi connectivity index (χ4n) is 3.87. The Hall–Kier alpha value is -2.20. The Labute approximate surface area is 180 Å². The van der Waals surface area contributed by atoms with E-state index in [9.17, 15) is 18.0 Å². The minimum atomic E-state index is -3.90. The molecule has 164 valence electrons. The van der Waals surface area contributed by atoms with Gasteiger partial charge in [0.25, 0.3) is 5.91 Å². The number of nitrogens with zero attached hydrogens (tertiary/aromatic N) is 3. The molecule has 30 heavy (non-hydrogen) atoms. The molecule has 8 nitrogen and oxygen atoms in total. The van der Waals surface area contributed by atoms with Gasteiger partial charge in [0.2, 0.25) is 5.91 Å². The molecule has 0 saturated carbocycles. The first-order valence-electron chi connectivity index (χ1n) is 9.77. The molecule has 1 aromatic carbocycles. The minimum absolute atomic E-state index is 0.337. The van der Waals surface area contributed by atoms with Gasteiger partial charge >= 0.3 is 0 Å². The van der Waals surface area contributed by atoms with Gasteiger partial charge in [0.05, 0.1) is 17.3 Å². The molecule has 2 atom stereocenters. The monoisotopic (exact) mass is 453 g/mol. The number of carbonyl (C=O) groups is 2. The summed E-state index contributed by atoms with van der Waals surface area (Å²) in [5.41, 5.74) is 0.860. The number of hydrogen-bond donors (Lipinski definition) is 0. The van der Waals surface area contributed by atoms with Crippen LogP contribution in [-0.4, -0.2) is 61.4 Å². The van der Waals surface area contributed by atoms with Crippen LogP contribution in [0.3, 0.4) is 0 Å². The lowest BCUT2D eigenvalue weighted by atomic mass is 9.92. The molecule has 1 aliphatic rings. The standard InChI is InChI=1S/C20H27N3O5S2/c1-13-7-14(2)10-23(9-13)19(25)12-30(26,27)11-18(24)21-20-22(3)16-6-5-15(28-4)8-17(16)29-20/h5-6,8,13-14H,7,9-12H2,1-4H3. The summed E-state index contributed by atoms with van der Waals surface area (Å²) in [7, 11) is -0.569. The van der Waals surface area contributed by atoms with Crippen LogP contribution in [0, 0.1) is 11.8 Å². The summed E-state index contributed by atoms with van der Waals surface area (Å²) in [4.78, 5) is 30.8. The predicted molar refractivity (Wildman–Crippen MR) is 116 cm³/mol. The normalized spacial score (nSPS) is 20.5. The van der Waals surface area contributed by atoms with Crippen molar-refractivity contribution in [2.24, 2.45) is 23.9 Å². The number of fused-ring (bicyclic) bond motifs is 1. The van der Waals surface area contributed by atoms with Crippen LogP contribution in [0.2, 0.25) is 0 Å². The molecule has 1 fully saturated rings. The van der Waals surface area contributed by atoms with Crippen LogP contribution in [0.4, 0.5) is 0 Å². The topological polar surface area (TPSA) is 98.0 Å². The van der Waals surface area contributed by atoms with Gasteiger partial charge in [-0.25, -0.2) is 8.42 Å². The van der Waals surface area contributed by atoms with Crippen LogP contribution in [0.25, 0.3) is 10.2 Å². The van der Waals surface area contributed by atoms with E-state index in [-0.39, 0.29) is 0 Å². The molecule has 0 radical (unpaired) electrons. The third kappa shape index (κ3) is 5.28. The molecule has 0 N–H and O–H groups in total. The molecule has 2 aromatic rings. The molecule has 1 aromatic heterocycles. The van der Waals surface area contributed by atoms with Crippen LogP contribution in [-0.2, 0) is 26.5 Å². The fourth-order valence-corrected chi connectivity index (χ4v) is 6.04. The number of aromatic nitrogens is 1. The van der Waals surface area contributed by atoms with Gasteiger partial charge in [0.1, 0.15) is 17.3 Å². The molecule has 10 heteroatoms. The average Bonchev–Trinajstić information content (AvgIpc) is 2.94.